The number of imidazole rings is 1. The monoisotopic (exact) mass is 314 g/mol. The predicted molar refractivity (Wildman–Crippen MR) is 75.8 cm³/mol. The zero-order valence-corrected chi connectivity index (χ0v) is 12.1. The molecule has 20 heavy (non-hydrogen) atoms. The summed E-state index contributed by atoms with van der Waals surface area (Å²) in [6.45, 7) is 0.270. The zero-order valence-electron chi connectivity index (χ0n) is 10.6. The van der Waals surface area contributed by atoms with Gasteiger partial charge in [-0.2, -0.15) is 0 Å². The summed E-state index contributed by atoms with van der Waals surface area (Å²) >= 11 is 11.8. The SMILES string of the molecule is Cn1ccnc1CCOc1c(Cl)cc(Cl)cc1C(=O)O. The fourth-order valence-electron chi connectivity index (χ4n) is 1.75. The number of nitrogens with zero attached hydrogens (tertiary/aromatic N) is 2. The first-order valence-corrected chi connectivity index (χ1v) is 6.56. The third-order valence-electron chi connectivity index (χ3n) is 2.73. The highest BCUT2D eigenvalue weighted by Crippen LogP contribution is 2.32. The third-order valence-corrected chi connectivity index (χ3v) is 3.23. The van der Waals surface area contributed by atoms with E-state index in [1.165, 1.54) is 12.1 Å². The minimum Gasteiger partial charge on any atom is -0.491 e. The average molecular weight is 315 g/mol. The van der Waals surface area contributed by atoms with Gasteiger partial charge in [-0.25, -0.2) is 9.78 Å². The van der Waals surface area contributed by atoms with Gasteiger partial charge >= 0.3 is 5.97 Å². The van der Waals surface area contributed by atoms with E-state index in [0.29, 0.717) is 6.42 Å². The van der Waals surface area contributed by atoms with Crippen LogP contribution < -0.4 is 4.74 Å². The summed E-state index contributed by atoms with van der Waals surface area (Å²) in [6, 6.07) is 2.76. The van der Waals surface area contributed by atoms with Gasteiger partial charge in [0.2, 0.25) is 0 Å². The van der Waals surface area contributed by atoms with Crippen molar-refractivity contribution in [2.24, 2.45) is 7.05 Å². The van der Waals surface area contributed by atoms with E-state index in [0.717, 1.165) is 5.82 Å². The van der Waals surface area contributed by atoms with Crippen molar-refractivity contribution in [3.05, 3.63) is 46.0 Å². The molecule has 106 valence electrons. The Morgan fingerprint density at radius 1 is 1.45 bits per heavy atom. The van der Waals surface area contributed by atoms with Gasteiger partial charge in [0.1, 0.15) is 11.4 Å². The normalized spacial score (nSPS) is 10.6. The van der Waals surface area contributed by atoms with Crippen molar-refractivity contribution >= 4 is 29.2 Å². The maximum absolute atomic E-state index is 11.2. The second kappa shape index (κ2) is 6.15. The fourth-order valence-corrected chi connectivity index (χ4v) is 2.30. The molecule has 0 spiro atoms. The second-order valence-corrected chi connectivity index (χ2v) is 4.97. The van der Waals surface area contributed by atoms with Crippen LogP contribution in [0.3, 0.4) is 0 Å². The van der Waals surface area contributed by atoms with Gasteiger partial charge < -0.3 is 14.4 Å². The number of carboxylic acids is 1. The fraction of sp³-hybridized carbons (Fsp3) is 0.231. The number of carboxylic acid groups (broad SMARTS) is 1. The Labute approximate surface area is 125 Å². The van der Waals surface area contributed by atoms with Crippen LogP contribution in [-0.2, 0) is 13.5 Å². The number of halogens is 2. The smallest absolute Gasteiger partial charge is 0.339 e. The molecule has 1 heterocycles. The number of benzene rings is 1. The van der Waals surface area contributed by atoms with Crippen LogP contribution in [-0.4, -0.2) is 27.2 Å². The second-order valence-electron chi connectivity index (χ2n) is 4.12. The summed E-state index contributed by atoms with van der Waals surface area (Å²) in [4.78, 5) is 15.3. The molecule has 0 saturated heterocycles. The largest absolute Gasteiger partial charge is 0.491 e. The molecule has 0 aliphatic heterocycles. The van der Waals surface area contributed by atoms with Crippen LogP contribution in [0.15, 0.2) is 24.5 Å². The topological polar surface area (TPSA) is 64.4 Å². The minimum atomic E-state index is -1.14. The van der Waals surface area contributed by atoms with Crippen molar-refractivity contribution in [2.75, 3.05) is 6.61 Å². The van der Waals surface area contributed by atoms with E-state index >= 15 is 0 Å². The van der Waals surface area contributed by atoms with E-state index < -0.39 is 5.97 Å². The van der Waals surface area contributed by atoms with Crippen molar-refractivity contribution in [3.63, 3.8) is 0 Å². The standard InChI is InChI=1S/C13H12Cl2N2O3/c1-17-4-3-16-11(17)2-5-20-12-9(13(18)19)6-8(14)7-10(12)15/h3-4,6-7H,2,5H2,1H3,(H,18,19). The van der Waals surface area contributed by atoms with Gasteiger partial charge in [-0.3, -0.25) is 0 Å². The number of carbonyl (C=O) groups is 1. The van der Waals surface area contributed by atoms with Crippen molar-refractivity contribution in [3.8, 4) is 5.75 Å². The highest BCUT2D eigenvalue weighted by Gasteiger charge is 2.16. The highest BCUT2D eigenvalue weighted by molar-refractivity contribution is 6.36. The number of ether oxygens (including phenoxy) is 1. The number of aryl methyl sites for hydroxylation is 1. The van der Waals surface area contributed by atoms with Gasteiger partial charge in [0, 0.05) is 30.9 Å². The Kier molecular flexibility index (Phi) is 4.52. The van der Waals surface area contributed by atoms with Crippen molar-refractivity contribution in [1.29, 1.82) is 0 Å². The van der Waals surface area contributed by atoms with Gasteiger partial charge in [0.25, 0.3) is 0 Å². The van der Waals surface area contributed by atoms with Crippen LogP contribution >= 0.6 is 23.2 Å². The lowest BCUT2D eigenvalue weighted by atomic mass is 10.2. The number of hydrogen-bond donors (Lipinski definition) is 1. The van der Waals surface area contributed by atoms with Crippen LogP contribution in [0.4, 0.5) is 0 Å². The Morgan fingerprint density at radius 3 is 2.80 bits per heavy atom. The number of aromatic nitrogens is 2. The molecule has 1 N–H and O–H groups in total. The Morgan fingerprint density at radius 2 is 2.20 bits per heavy atom. The molecule has 1 aromatic heterocycles. The lowest BCUT2D eigenvalue weighted by molar-refractivity contribution is 0.0692. The minimum absolute atomic E-state index is 0.0534. The molecule has 1 aromatic carbocycles. The summed E-state index contributed by atoms with van der Waals surface area (Å²) in [5.41, 5.74) is -0.0534. The summed E-state index contributed by atoms with van der Waals surface area (Å²) in [6.07, 6.45) is 4.06. The molecule has 0 aliphatic carbocycles. The van der Waals surface area contributed by atoms with Gasteiger partial charge in [-0.05, 0) is 12.1 Å². The molecule has 2 rings (SSSR count). The molecular formula is C13H12Cl2N2O3. The van der Waals surface area contributed by atoms with Crippen LogP contribution in [0, 0.1) is 0 Å². The highest BCUT2D eigenvalue weighted by atomic mass is 35.5. The van der Waals surface area contributed by atoms with E-state index in [1.807, 2.05) is 17.8 Å². The average Bonchev–Trinajstić information content (AvgIpc) is 2.77. The number of hydrogen-bond acceptors (Lipinski definition) is 3. The first-order chi connectivity index (χ1) is 9.49. The predicted octanol–water partition coefficient (Wildman–Crippen LogP) is 3.05. The molecule has 2 aromatic rings. The molecule has 0 atom stereocenters. The maximum atomic E-state index is 11.2. The van der Waals surface area contributed by atoms with E-state index in [1.54, 1.807) is 6.20 Å². The molecule has 0 saturated carbocycles. The summed E-state index contributed by atoms with van der Waals surface area (Å²) in [5.74, 6) is -0.175. The Bertz CT molecular complexity index is 641. The van der Waals surface area contributed by atoms with Gasteiger partial charge in [0.05, 0.1) is 11.6 Å². The van der Waals surface area contributed by atoms with Crippen LogP contribution in [0.5, 0.6) is 5.75 Å². The van der Waals surface area contributed by atoms with Crippen molar-refractivity contribution in [1.82, 2.24) is 9.55 Å². The molecule has 0 fully saturated rings. The molecule has 0 amide bonds. The summed E-state index contributed by atoms with van der Waals surface area (Å²) in [7, 11) is 1.88. The van der Waals surface area contributed by atoms with Crippen LogP contribution in [0.1, 0.15) is 16.2 Å². The van der Waals surface area contributed by atoms with E-state index in [-0.39, 0.29) is 28.0 Å². The van der Waals surface area contributed by atoms with Gasteiger partial charge in [-0.1, -0.05) is 23.2 Å². The lowest BCUT2D eigenvalue weighted by Crippen LogP contribution is -2.09. The molecule has 0 radical (unpaired) electrons. The number of rotatable bonds is 5. The first kappa shape index (κ1) is 14.7. The molecule has 0 unspecified atom stereocenters. The summed E-state index contributed by atoms with van der Waals surface area (Å²) < 4.78 is 7.35. The van der Waals surface area contributed by atoms with E-state index in [9.17, 15) is 4.79 Å². The Balaban J connectivity index is 2.13. The maximum Gasteiger partial charge on any atom is 0.339 e. The van der Waals surface area contributed by atoms with Crippen LogP contribution in [0.2, 0.25) is 10.0 Å². The summed E-state index contributed by atoms with van der Waals surface area (Å²) in [5, 5.41) is 9.56. The third kappa shape index (κ3) is 3.23. The Hall–Kier alpha value is -1.72. The van der Waals surface area contributed by atoms with Gasteiger partial charge in [-0.15, -0.1) is 0 Å². The van der Waals surface area contributed by atoms with Crippen molar-refractivity contribution < 1.29 is 14.6 Å². The molecule has 5 nitrogen and oxygen atoms in total. The lowest BCUT2D eigenvalue weighted by Gasteiger charge is -2.11. The van der Waals surface area contributed by atoms with Crippen molar-refractivity contribution in [2.45, 2.75) is 6.42 Å². The molecule has 0 bridgehead atoms. The molecular weight excluding hydrogens is 303 g/mol. The number of aromatic carboxylic acids is 1. The quantitative estimate of drug-likeness (QED) is 0.921. The molecule has 0 aliphatic rings. The van der Waals surface area contributed by atoms with E-state index in [4.69, 9.17) is 33.0 Å². The van der Waals surface area contributed by atoms with E-state index in [2.05, 4.69) is 4.98 Å². The van der Waals surface area contributed by atoms with Crippen LogP contribution in [0.25, 0.3) is 0 Å². The van der Waals surface area contributed by atoms with Gasteiger partial charge in [0.15, 0.2) is 5.75 Å². The molecule has 7 heteroatoms. The zero-order chi connectivity index (χ0) is 14.7. The first-order valence-electron chi connectivity index (χ1n) is 5.80.